The second-order valence-electron chi connectivity index (χ2n) is 24.7. The fraction of sp³-hybridized carbons (Fsp3) is 0.443. The molecule has 0 unspecified atom stereocenters. The third-order valence-corrected chi connectivity index (χ3v) is 16.4. The summed E-state index contributed by atoms with van der Waals surface area (Å²) in [5.41, 5.74) is 25.9. The number of aliphatic hydroxyl groups is 3. The molecule has 13 atom stereocenters. The third-order valence-electron chi connectivity index (χ3n) is 16.4. The van der Waals surface area contributed by atoms with Gasteiger partial charge in [0.05, 0.1) is 37.3 Å². The number of para-hydroxylation sites is 1. The van der Waals surface area contributed by atoms with E-state index < -0.39 is 169 Å². The van der Waals surface area contributed by atoms with Gasteiger partial charge in [-0.3, -0.25) is 62.3 Å². The van der Waals surface area contributed by atoms with Gasteiger partial charge in [0.25, 0.3) is 0 Å². The minimum absolute atomic E-state index is 0.134. The number of carboxylic acids is 1. The first-order chi connectivity index (χ1) is 48.7. The van der Waals surface area contributed by atoms with E-state index in [4.69, 9.17) is 28.0 Å². The molecule has 5 rings (SSSR count). The van der Waals surface area contributed by atoms with Crippen LogP contribution in [-0.4, -0.2) is 201 Å². The van der Waals surface area contributed by atoms with Gasteiger partial charge in [0.1, 0.15) is 54.4 Å². The number of H-pyrrole nitrogens is 1. The summed E-state index contributed by atoms with van der Waals surface area (Å²) in [5.74, 6) is -12.4. The number of carbonyl (C=O) groups is 12. The van der Waals surface area contributed by atoms with E-state index in [1.807, 2.05) is 0 Å². The van der Waals surface area contributed by atoms with Crippen molar-refractivity contribution >= 4 is 88.1 Å². The number of unbranched alkanes of at least 4 members (excludes halogenated alkanes) is 2. The number of carboxylic acid groups (broad SMARTS) is 1. The molecule has 1 heterocycles. The molecule has 1 aromatic heterocycles. The number of aromatic amines is 1. The number of hydrogen-bond acceptors (Lipinski definition) is 19. The maximum Gasteiger partial charge on any atom is 0.303 e. The zero-order chi connectivity index (χ0) is 74.8. The number of nitrogens with two attached hydrogens (primary N) is 4. The first kappa shape index (κ1) is 82.2. The molecule has 32 nitrogen and oxygen atoms in total. The summed E-state index contributed by atoms with van der Waals surface area (Å²) in [6, 6.07) is 14.7. The Balaban J connectivity index is 1.45. The Hall–Kier alpha value is -10.5. The predicted octanol–water partition coefficient (Wildman–Crippen LogP) is -3.52. The number of carbonyl (C=O) groups excluding carboxylic acids is 12. The summed E-state index contributed by atoms with van der Waals surface area (Å²) in [6.07, 6.45) is -1.20. The third kappa shape index (κ3) is 27.2. The molecular weight excluding hydrogens is 1320 g/mol. The van der Waals surface area contributed by atoms with Crippen LogP contribution in [0, 0.1) is 0 Å². The smallest absolute Gasteiger partial charge is 0.303 e. The minimum Gasteiger partial charge on any atom is -0.481 e. The second-order valence-corrected chi connectivity index (χ2v) is 24.7. The Morgan fingerprint density at radius 2 is 0.833 bits per heavy atom. The highest BCUT2D eigenvalue weighted by molar-refractivity contribution is 6.00. The summed E-state index contributed by atoms with van der Waals surface area (Å²) in [4.78, 5) is 181. The lowest BCUT2D eigenvalue weighted by molar-refractivity contribution is -0.138. The number of primary amides is 1. The Morgan fingerprint density at radius 3 is 1.27 bits per heavy atom. The molecule has 1 radical (unpaired) electrons. The van der Waals surface area contributed by atoms with E-state index in [1.54, 1.807) is 121 Å². The highest BCUT2D eigenvalue weighted by Crippen LogP contribution is 2.21. The Labute approximate surface area is 589 Å². The van der Waals surface area contributed by atoms with Crippen molar-refractivity contribution in [3.05, 3.63) is 144 Å². The summed E-state index contributed by atoms with van der Waals surface area (Å²) in [6.45, 7) is 1.69. The lowest BCUT2D eigenvalue weighted by atomic mass is 10.00. The van der Waals surface area contributed by atoms with Crippen LogP contribution in [0.5, 0.6) is 0 Å². The standard InChI is InChI=1S/C70H94N15O17/c1-40(88)59(69(101)82-53(34-44-22-10-5-11-23-44)67(99)85-60(41(2)89)70(102)83-56(39-87)68(100)76-46(38-86)28-29-58(91)92)84-62(94)50(27-15-17-31-72)77-65(97)54(35-45-37-75-49-26-13-12-24-47(45)49)81-64(96)52(33-43-20-8-4-9-21-43)79-63(95)51(32-42-18-6-3-7-19-42)80-66(98)55(36-57(74)90)78-61(93)48(73)25-14-16-30-71/h3-13,18-24,26,37,40-41,46,48,50-56,59-60,75,87-89H,14-17,25,27-36,39,71-73H2,1-2H3,(H2,74,90)(H,76,100)(H,77,97)(H,78,93)(H,79,95)(H,80,98)(H,81,96)(H,82,101)(H,83,102)(H,84,94)(H,85,99)(H,91,92)/t40-,41-,46+,48+,50+,51+,52+,53+,54+,55+,56+,59+,60+/m1/s1. The second kappa shape index (κ2) is 42.6. The van der Waals surface area contributed by atoms with Gasteiger partial charge in [0.15, 0.2) is 0 Å². The van der Waals surface area contributed by atoms with E-state index >= 15 is 9.59 Å². The van der Waals surface area contributed by atoms with Crippen molar-refractivity contribution in [2.45, 2.75) is 176 Å². The maximum absolute atomic E-state index is 15.2. The van der Waals surface area contributed by atoms with Crippen LogP contribution in [0.2, 0.25) is 0 Å². The molecule has 0 aliphatic carbocycles. The van der Waals surface area contributed by atoms with Gasteiger partial charge in [-0.05, 0) is 93.8 Å². The number of hydrogen-bond donors (Lipinski definition) is 19. The Morgan fingerprint density at radius 1 is 0.451 bits per heavy atom. The molecule has 4 aromatic carbocycles. The molecule has 0 fully saturated rings. The lowest BCUT2D eigenvalue weighted by Gasteiger charge is -2.29. The average molecular weight is 1420 g/mol. The number of aliphatic hydroxyl groups excluding tert-OH is 3. The van der Waals surface area contributed by atoms with Crippen LogP contribution in [0.1, 0.15) is 93.9 Å². The summed E-state index contributed by atoms with van der Waals surface area (Å²) < 4.78 is 0. The summed E-state index contributed by atoms with van der Waals surface area (Å²) in [5, 5.41) is 66.7. The van der Waals surface area contributed by atoms with Crippen molar-refractivity contribution in [3.63, 3.8) is 0 Å². The van der Waals surface area contributed by atoms with Crippen molar-refractivity contribution in [3.8, 4) is 0 Å². The lowest BCUT2D eigenvalue weighted by Crippen LogP contribution is -2.63. The van der Waals surface area contributed by atoms with Gasteiger partial charge < -0.3 is 102 Å². The van der Waals surface area contributed by atoms with Gasteiger partial charge >= 0.3 is 5.97 Å². The highest BCUT2D eigenvalue weighted by atomic mass is 16.4. The SMILES string of the molecule is C[C@@H](O)[C@H](NC(=O)[C@H](Cc1ccccc1)NC(=O)[C@@H](NC(=O)[C@H](CCCCN)NC(=O)[C@H](Cc1c[nH]c2ccccc12)NC(=O)[C@H](Cc1ccccc1)NC(=O)[C@H](Cc1ccccc1)NC(=O)[C@H](CC(N)=O)NC(=O)[C@@H](N)CCCCN)[C@@H](C)O)C(=O)N[C@@H](CO)C(=O)N[C@H]([C]=O)CCC(=O)O. The van der Waals surface area contributed by atoms with E-state index in [0.29, 0.717) is 59.0 Å². The molecule has 0 bridgehead atoms. The summed E-state index contributed by atoms with van der Waals surface area (Å²) in [7, 11) is 0. The number of amides is 11. The fourth-order valence-electron chi connectivity index (χ4n) is 10.8. The van der Waals surface area contributed by atoms with Crippen molar-refractivity contribution in [1.82, 2.24) is 58.2 Å². The molecule has 5 aromatic rings. The molecule has 0 aliphatic rings. The van der Waals surface area contributed by atoms with Crippen LogP contribution >= 0.6 is 0 Å². The first-order valence-corrected chi connectivity index (χ1v) is 33.5. The minimum atomic E-state index is -1.89. The molecule has 11 amide bonds. The summed E-state index contributed by atoms with van der Waals surface area (Å²) >= 11 is 0. The molecule has 0 saturated carbocycles. The fourth-order valence-corrected chi connectivity index (χ4v) is 10.8. The first-order valence-electron chi connectivity index (χ1n) is 33.5. The van der Waals surface area contributed by atoms with Gasteiger partial charge in [-0.25, -0.2) is 0 Å². The Bertz CT molecular complexity index is 3600. The van der Waals surface area contributed by atoms with E-state index in [0.717, 1.165) is 13.8 Å². The normalized spacial score (nSPS) is 15.0. The van der Waals surface area contributed by atoms with Crippen LogP contribution in [0.4, 0.5) is 0 Å². The van der Waals surface area contributed by atoms with E-state index in [2.05, 4.69) is 58.2 Å². The van der Waals surface area contributed by atoms with E-state index in [9.17, 15) is 68.1 Å². The van der Waals surface area contributed by atoms with Crippen LogP contribution in [0.3, 0.4) is 0 Å². The van der Waals surface area contributed by atoms with Gasteiger partial charge in [0, 0.05) is 49.2 Å². The maximum atomic E-state index is 15.2. The van der Waals surface area contributed by atoms with Crippen LogP contribution in [0.25, 0.3) is 10.9 Å². The molecule has 0 aliphatic heterocycles. The molecule has 102 heavy (non-hydrogen) atoms. The van der Waals surface area contributed by atoms with Crippen molar-refractivity contribution in [2.24, 2.45) is 22.9 Å². The zero-order valence-electron chi connectivity index (χ0n) is 56.8. The molecule has 0 spiro atoms. The number of rotatable bonds is 45. The van der Waals surface area contributed by atoms with Gasteiger partial charge in [-0.2, -0.15) is 0 Å². The Kier molecular flexibility index (Phi) is 34.3. The molecule has 551 valence electrons. The number of nitrogens with one attached hydrogen (secondary N) is 11. The van der Waals surface area contributed by atoms with E-state index in [-0.39, 0.29) is 57.9 Å². The average Bonchev–Trinajstić information content (AvgIpc) is 1.58. The van der Waals surface area contributed by atoms with Crippen molar-refractivity contribution < 1.29 is 82.8 Å². The number of fused-ring (bicyclic) bond motifs is 1. The van der Waals surface area contributed by atoms with Gasteiger partial charge in [-0.15, -0.1) is 0 Å². The highest BCUT2D eigenvalue weighted by Gasteiger charge is 2.38. The zero-order valence-corrected chi connectivity index (χ0v) is 56.8. The molecule has 32 heteroatoms. The van der Waals surface area contributed by atoms with Gasteiger partial charge in [0.2, 0.25) is 71.3 Å². The topological polar surface area (TPSA) is 543 Å². The van der Waals surface area contributed by atoms with Gasteiger partial charge in [-0.1, -0.05) is 116 Å². The largest absolute Gasteiger partial charge is 0.481 e. The van der Waals surface area contributed by atoms with Crippen molar-refractivity contribution in [1.29, 1.82) is 0 Å². The predicted molar refractivity (Wildman–Crippen MR) is 372 cm³/mol. The monoisotopic (exact) mass is 1420 g/mol. The van der Waals surface area contributed by atoms with Crippen LogP contribution in [-0.2, 0) is 88.0 Å². The van der Waals surface area contributed by atoms with Crippen LogP contribution in [0.15, 0.2) is 121 Å². The molecule has 0 saturated heterocycles. The van der Waals surface area contributed by atoms with E-state index in [1.165, 1.54) is 6.29 Å². The number of benzene rings is 4. The molecule has 23 N–H and O–H groups in total. The number of aliphatic carboxylic acids is 1. The molecular formula is C70H94N15O17. The quantitative estimate of drug-likeness (QED) is 0.0168. The van der Waals surface area contributed by atoms with Crippen LogP contribution < -0.4 is 76.1 Å². The number of aromatic nitrogens is 1. The van der Waals surface area contributed by atoms with Crippen molar-refractivity contribution in [2.75, 3.05) is 19.7 Å².